The number of fused-ring (bicyclic) bond motifs is 1. The number of benzene rings is 1. The molecule has 5 rings (SSSR count). The van der Waals surface area contributed by atoms with E-state index in [1.165, 1.54) is 16.5 Å². The third-order valence-corrected chi connectivity index (χ3v) is 6.87. The largest absolute Gasteiger partial charge is 0.444 e. The number of rotatable bonds is 7. The van der Waals surface area contributed by atoms with Crippen molar-refractivity contribution in [1.29, 1.82) is 0 Å². The molecule has 178 valence electrons. The molecule has 0 bridgehead atoms. The first-order valence-electron chi connectivity index (χ1n) is 11.7. The number of nitrogens with one attached hydrogen (secondary N) is 1. The molecule has 3 aliphatic rings. The average molecular weight is 463 g/mol. The van der Waals surface area contributed by atoms with E-state index in [9.17, 15) is 9.59 Å². The summed E-state index contributed by atoms with van der Waals surface area (Å²) in [6.45, 7) is 12.9. The maximum Gasteiger partial charge on any atom is 0.415 e. The normalized spacial score (nSPS) is 19.5. The number of amides is 2. The highest BCUT2D eigenvalue weighted by Crippen LogP contribution is 2.40. The number of hydrogen-bond donors (Lipinski definition) is 1. The van der Waals surface area contributed by atoms with Crippen molar-refractivity contribution in [2.24, 2.45) is 5.41 Å². The van der Waals surface area contributed by atoms with Crippen LogP contribution in [0.15, 0.2) is 43.1 Å². The highest BCUT2D eigenvalue weighted by molar-refractivity contribution is 5.89. The minimum atomic E-state index is -0.378. The zero-order valence-electron chi connectivity index (χ0n) is 19.7. The van der Waals surface area contributed by atoms with Gasteiger partial charge in [-0.2, -0.15) is 4.98 Å². The third-order valence-electron chi connectivity index (χ3n) is 6.87. The smallest absolute Gasteiger partial charge is 0.415 e. The van der Waals surface area contributed by atoms with Crippen molar-refractivity contribution in [3.63, 3.8) is 0 Å². The van der Waals surface area contributed by atoms with Gasteiger partial charge in [0.1, 0.15) is 12.4 Å². The Morgan fingerprint density at radius 2 is 2.00 bits per heavy atom. The van der Waals surface area contributed by atoms with Crippen LogP contribution in [-0.4, -0.2) is 64.5 Å². The van der Waals surface area contributed by atoms with Gasteiger partial charge in [0.2, 0.25) is 11.9 Å². The Hall–Kier alpha value is -3.46. The van der Waals surface area contributed by atoms with Crippen LogP contribution in [0.4, 0.5) is 16.6 Å². The Morgan fingerprint density at radius 3 is 2.68 bits per heavy atom. The molecule has 4 heterocycles. The van der Waals surface area contributed by atoms with Crippen molar-refractivity contribution in [2.75, 3.05) is 42.9 Å². The summed E-state index contributed by atoms with van der Waals surface area (Å²) < 4.78 is 5.15. The molecular formula is C25H30N6O3. The molecule has 1 N–H and O–H groups in total. The number of cyclic esters (lactones) is 1. The summed E-state index contributed by atoms with van der Waals surface area (Å²) in [6.07, 6.45) is 2.73. The molecular weight excluding hydrogens is 432 g/mol. The molecule has 1 atom stereocenters. The van der Waals surface area contributed by atoms with Gasteiger partial charge in [-0.15, -0.1) is 0 Å². The number of carbonyl (C=O) groups is 2. The van der Waals surface area contributed by atoms with Crippen LogP contribution in [0.1, 0.15) is 36.6 Å². The summed E-state index contributed by atoms with van der Waals surface area (Å²) in [5.41, 5.74) is 3.50. The van der Waals surface area contributed by atoms with E-state index in [0.717, 1.165) is 43.9 Å². The monoisotopic (exact) mass is 462 g/mol. The Bertz CT molecular complexity index is 1100. The van der Waals surface area contributed by atoms with Crippen LogP contribution in [-0.2, 0) is 22.7 Å². The van der Waals surface area contributed by atoms with Gasteiger partial charge < -0.3 is 15.0 Å². The lowest BCUT2D eigenvalue weighted by molar-refractivity contribution is -0.154. The molecule has 0 aliphatic carbocycles. The molecule has 9 heteroatoms. The van der Waals surface area contributed by atoms with Crippen LogP contribution in [0.3, 0.4) is 0 Å². The second-order valence-corrected chi connectivity index (χ2v) is 9.49. The highest BCUT2D eigenvalue weighted by Gasteiger charge is 2.52. The van der Waals surface area contributed by atoms with E-state index >= 15 is 0 Å². The van der Waals surface area contributed by atoms with Gasteiger partial charge in [0.25, 0.3) is 0 Å². The average Bonchev–Trinajstić information content (AvgIpc) is 2.79. The lowest BCUT2D eigenvalue weighted by Gasteiger charge is -2.60. The highest BCUT2D eigenvalue weighted by atomic mass is 16.6. The molecule has 0 saturated carbocycles. The molecule has 1 spiro atoms. The Morgan fingerprint density at radius 1 is 1.26 bits per heavy atom. The summed E-state index contributed by atoms with van der Waals surface area (Å²) in [6, 6.07) is 8.59. The van der Waals surface area contributed by atoms with E-state index in [2.05, 4.69) is 58.0 Å². The number of ether oxygens (including phenoxy) is 1. The number of anilines is 2. The molecule has 9 nitrogen and oxygen atoms in total. The first-order chi connectivity index (χ1) is 16.4. The molecule has 3 aliphatic heterocycles. The van der Waals surface area contributed by atoms with Crippen LogP contribution >= 0.6 is 0 Å². The zero-order chi connectivity index (χ0) is 23.9. The van der Waals surface area contributed by atoms with Crippen molar-refractivity contribution in [3.05, 3.63) is 59.8 Å². The van der Waals surface area contributed by atoms with Gasteiger partial charge in [-0.1, -0.05) is 30.8 Å². The van der Waals surface area contributed by atoms with Crippen LogP contribution in [0, 0.1) is 5.41 Å². The molecule has 2 amide bonds. The predicted octanol–water partition coefficient (Wildman–Crippen LogP) is 2.96. The standard InChI is InChI=1S/C25H30N6O3/c1-4-21(32)30-15-25(16-30)13-29(14-25)11-18-6-8-19(9-7-18)17(3)27-23-26-10-20-12-34-24(33)31(5-2)22(20)28-23/h4,6-10,17H,1,5,11-16H2,2-3H3,(H,26,27,28). The van der Waals surface area contributed by atoms with Crippen molar-refractivity contribution in [3.8, 4) is 0 Å². The van der Waals surface area contributed by atoms with Gasteiger partial charge in [0.05, 0.1) is 11.6 Å². The molecule has 2 saturated heterocycles. The van der Waals surface area contributed by atoms with Gasteiger partial charge in [0, 0.05) is 50.9 Å². The lowest BCUT2D eigenvalue weighted by atomic mass is 9.72. The van der Waals surface area contributed by atoms with Crippen molar-refractivity contribution >= 4 is 23.8 Å². The Kier molecular flexibility index (Phi) is 5.73. The molecule has 34 heavy (non-hydrogen) atoms. The number of nitrogens with zero attached hydrogens (tertiary/aromatic N) is 5. The summed E-state index contributed by atoms with van der Waals surface area (Å²) in [4.78, 5) is 38.4. The van der Waals surface area contributed by atoms with Crippen LogP contribution in [0.25, 0.3) is 0 Å². The number of aromatic nitrogens is 2. The van der Waals surface area contributed by atoms with E-state index in [1.807, 2.05) is 11.8 Å². The first-order valence-corrected chi connectivity index (χ1v) is 11.7. The fourth-order valence-corrected chi connectivity index (χ4v) is 5.10. The van der Waals surface area contributed by atoms with Crippen molar-refractivity contribution < 1.29 is 14.3 Å². The summed E-state index contributed by atoms with van der Waals surface area (Å²) in [5, 5.41) is 3.34. The van der Waals surface area contributed by atoms with Crippen LogP contribution < -0.4 is 10.2 Å². The Labute approximate surface area is 199 Å². The molecule has 0 radical (unpaired) electrons. The zero-order valence-corrected chi connectivity index (χ0v) is 19.7. The second-order valence-electron chi connectivity index (χ2n) is 9.49. The van der Waals surface area contributed by atoms with Gasteiger partial charge in [-0.3, -0.25) is 14.6 Å². The van der Waals surface area contributed by atoms with Gasteiger partial charge in [0.15, 0.2) is 0 Å². The van der Waals surface area contributed by atoms with E-state index in [1.54, 1.807) is 6.20 Å². The Balaban J connectivity index is 1.15. The van der Waals surface area contributed by atoms with Crippen molar-refractivity contribution in [1.82, 2.24) is 19.8 Å². The molecule has 1 aromatic carbocycles. The quantitative estimate of drug-likeness (QED) is 0.633. The first kappa shape index (κ1) is 22.3. The minimum Gasteiger partial charge on any atom is -0.444 e. The fourth-order valence-electron chi connectivity index (χ4n) is 5.10. The maximum absolute atomic E-state index is 12.0. The summed E-state index contributed by atoms with van der Waals surface area (Å²) >= 11 is 0. The van der Waals surface area contributed by atoms with Crippen molar-refractivity contribution in [2.45, 2.75) is 33.0 Å². The van der Waals surface area contributed by atoms with Gasteiger partial charge in [-0.25, -0.2) is 9.78 Å². The SMILES string of the molecule is C=CC(=O)N1CC2(CN(Cc3ccc(C(C)Nc4ncc5c(n4)N(CC)C(=O)OC5)cc3)C2)C1. The number of likely N-dealkylation sites (tertiary alicyclic amines) is 2. The fraction of sp³-hybridized carbons (Fsp3) is 0.440. The molecule has 2 aromatic rings. The summed E-state index contributed by atoms with van der Waals surface area (Å²) in [7, 11) is 0. The van der Waals surface area contributed by atoms with Crippen LogP contribution in [0.5, 0.6) is 0 Å². The minimum absolute atomic E-state index is 0.00773. The lowest BCUT2D eigenvalue weighted by Crippen LogP contribution is -2.72. The topological polar surface area (TPSA) is 90.9 Å². The summed E-state index contributed by atoms with van der Waals surface area (Å²) in [5.74, 6) is 1.13. The molecule has 1 aromatic heterocycles. The van der Waals surface area contributed by atoms with E-state index in [0.29, 0.717) is 18.3 Å². The van der Waals surface area contributed by atoms with Crippen LogP contribution in [0.2, 0.25) is 0 Å². The number of hydrogen-bond acceptors (Lipinski definition) is 7. The predicted molar refractivity (Wildman–Crippen MR) is 128 cm³/mol. The number of carbonyl (C=O) groups excluding carboxylic acids is 2. The van der Waals surface area contributed by atoms with E-state index < -0.39 is 0 Å². The molecule has 2 fully saturated rings. The maximum atomic E-state index is 12.0. The molecule has 1 unspecified atom stereocenters. The van der Waals surface area contributed by atoms with E-state index in [4.69, 9.17) is 4.74 Å². The third kappa shape index (κ3) is 4.11. The second kappa shape index (κ2) is 8.72. The van der Waals surface area contributed by atoms with Gasteiger partial charge in [-0.05, 0) is 31.1 Å². The van der Waals surface area contributed by atoms with E-state index in [-0.39, 0.29) is 30.1 Å². The van der Waals surface area contributed by atoms with Gasteiger partial charge >= 0.3 is 6.09 Å².